The van der Waals surface area contributed by atoms with Crippen LogP contribution in [0.4, 0.5) is 5.69 Å². The Morgan fingerprint density at radius 2 is 1.87 bits per heavy atom. The lowest BCUT2D eigenvalue weighted by molar-refractivity contribution is -0.117. The van der Waals surface area contributed by atoms with Crippen LogP contribution in [-0.2, 0) is 4.79 Å². The summed E-state index contributed by atoms with van der Waals surface area (Å²) in [5.74, 6) is 0.369. The minimum absolute atomic E-state index is 0.171. The van der Waals surface area contributed by atoms with E-state index in [1.165, 1.54) is 27.2 Å². The zero-order chi connectivity index (χ0) is 17.6. The highest BCUT2D eigenvalue weighted by Gasteiger charge is 2.21. The average molecular weight is 322 g/mol. The van der Waals surface area contributed by atoms with E-state index < -0.39 is 0 Å². The second-order valence-corrected chi connectivity index (χ2v) is 4.84. The Balaban J connectivity index is 2.97. The molecule has 0 atom stereocenters. The van der Waals surface area contributed by atoms with E-state index in [0.717, 1.165) is 0 Å². The van der Waals surface area contributed by atoms with Crippen molar-refractivity contribution in [2.24, 2.45) is 0 Å². The lowest BCUT2D eigenvalue weighted by Crippen LogP contribution is -2.28. The summed E-state index contributed by atoms with van der Waals surface area (Å²) in [6, 6.07) is 1.50. The predicted molar refractivity (Wildman–Crippen MR) is 87.3 cm³/mol. The molecular formula is C16H22N2O5. The van der Waals surface area contributed by atoms with Gasteiger partial charge in [-0.3, -0.25) is 9.59 Å². The van der Waals surface area contributed by atoms with Crippen molar-refractivity contribution < 1.29 is 23.8 Å². The number of ketones is 1. The Hall–Kier alpha value is -2.70. The third-order valence-electron chi connectivity index (χ3n) is 3.07. The summed E-state index contributed by atoms with van der Waals surface area (Å²) in [4.78, 5) is 23.0. The molecule has 0 aliphatic rings. The van der Waals surface area contributed by atoms with E-state index in [4.69, 9.17) is 19.9 Å². The lowest BCUT2D eigenvalue weighted by atomic mass is 10.1. The van der Waals surface area contributed by atoms with Gasteiger partial charge >= 0.3 is 0 Å². The molecule has 0 heterocycles. The summed E-state index contributed by atoms with van der Waals surface area (Å²) in [7, 11) is 2.87. The number of nitrogens with two attached hydrogens (primary N) is 1. The second-order valence-electron chi connectivity index (χ2n) is 4.84. The van der Waals surface area contributed by atoms with Crippen molar-refractivity contribution in [3.05, 3.63) is 23.8 Å². The standard InChI is InChI=1S/C16H22N2O5/c1-9(2)16(20)18-6-7-23-14-12(21-4)8-11(10(3)19)13(17)15(14)22-5/h8H,1,6-7,17H2,2-5H3,(H,18,20). The topological polar surface area (TPSA) is 99.9 Å². The smallest absolute Gasteiger partial charge is 0.246 e. The van der Waals surface area contributed by atoms with Gasteiger partial charge in [0, 0.05) is 11.1 Å². The largest absolute Gasteiger partial charge is 0.493 e. The number of benzene rings is 1. The molecule has 1 rings (SSSR count). The van der Waals surface area contributed by atoms with E-state index in [1.54, 1.807) is 6.92 Å². The van der Waals surface area contributed by atoms with E-state index in [1.807, 2.05) is 0 Å². The van der Waals surface area contributed by atoms with Crippen molar-refractivity contribution in [2.45, 2.75) is 13.8 Å². The van der Waals surface area contributed by atoms with Gasteiger partial charge in [0.05, 0.1) is 26.5 Å². The summed E-state index contributed by atoms with van der Waals surface area (Å²) in [5, 5.41) is 2.64. The molecule has 0 fully saturated rings. The Morgan fingerprint density at radius 1 is 1.22 bits per heavy atom. The highest BCUT2D eigenvalue weighted by molar-refractivity contribution is 6.01. The third-order valence-corrected chi connectivity index (χ3v) is 3.07. The van der Waals surface area contributed by atoms with Crippen molar-refractivity contribution in [1.29, 1.82) is 0 Å². The molecule has 126 valence electrons. The number of Topliss-reactive ketones (excluding diaryl/α,β-unsaturated/α-hetero) is 1. The predicted octanol–water partition coefficient (Wildman–Crippen LogP) is 1.56. The monoisotopic (exact) mass is 322 g/mol. The van der Waals surface area contributed by atoms with Crippen LogP contribution in [0, 0.1) is 0 Å². The van der Waals surface area contributed by atoms with Gasteiger partial charge in [-0.25, -0.2) is 0 Å². The van der Waals surface area contributed by atoms with Crippen LogP contribution in [0.1, 0.15) is 24.2 Å². The normalized spacial score (nSPS) is 9.91. The number of rotatable bonds is 8. The molecule has 0 bridgehead atoms. The molecule has 0 aromatic heterocycles. The first-order valence-electron chi connectivity index (χ1n) is 6.95. The van der Waals surface area contributed by atoms with Crippen molar-refractivity contribution >= 4 is 17.4 Å². The molecule has 23 heavy (non-hydrogen) atoms. The Labute approximate surface area is 135 Å². The zero-order valence-electron chi connectivity index (χ0n) is 13.8. The molecular weight excluding hydrogens is 300 g/mol. The van der Waals surface area contributed by atoms with Crippen molar-refractivity contribution in [1.82, 2.24) is 5.32 Å². The van der Waals surface area contributed by atoms with Gasteiger partial charge in [-0.2, -0.15) is 0 Å². The van der Waals surface area contributed by atoms with Gasteiger partial charge in [-0.1, -0.05) is 6.58 Å². The van der Waals surface area contributed by atoms with Crippen LogP contribution in [0.15, 0.2) is 18.2 Å². The van der Waals surface area contributed by atoms with Crippen LogP contribution in [0.2, 0.25) is 0 Å². The Morgan fingerprint density at radius 3 is 2.35 bits per heavy atom. The fourth-order valence-electron chi connectivity index (χ4n) is 1.88. The number of carbonyl (C=O) groups is 2. The molecule has 3 N–H and O–H groups in total. The van der Waals surface area contributed by atoms with E-state index in [-0.39, 0.29) is 42.0 Å². The van der Waals surface area contributed by atoms with Crippen LogP contribution in [0.25, 0.3) is 0 Å². The molecule has 0 aliphatic carbocycles. The van der Waals surface area contributed by atoms with Gasteiger partial charge in [-0.15, -0.1) is 0 Å². The van der Waals surface area contributed by atoms with Gasteiger partial charge in [0.1, 0.15) is 6.61 Å². The fraction of sp³-hybridized carbons (Fsp3) is 0.375. The molecule has 1 aromatic carbocycles. The number of amides is 1. The summed E-state index contributed by atoms with van der Waals surface area (Å²) in [6.45, 7) is 7.00. The first-order chi connectivity index (χ1) is 10.8. The van der Waals surface area contributed by atoms with Crippen molar-refractivity contribution in [3.8, 4) is 17.2 Å². The average Bonchev–Trinajstić information content (AvgIpc) is 2.50. The number of methoxy groups -OCH3 is 2. The van der Waals surface area contributed by atoms with Crippen LogP contribution in [0.5, 0.6) is 17.2 Å². The van der Waals surface area contributed by atoms with Crippen LogP contribution in [0.3, 0.4) is 0 Å². The summed E-state index contributed by atoms with van der Waals surface area (Å²) in [6.07, 6.45) is 0. The fourth-order valence-corrected chi connectivity index (χ4v) is 1.88. The summed E-state index contributed by atoms with van der Waals surface area (Å²) >= 11 is 0. The van der Waals surface area contributed by atoms with Gasteiger partial charge in [0.15, 0.2) is 17.3 Å². The van der Waals surface area contributed by atoms with E-state index in [0.29, 0.717) is 16.9 Å². The molecule has 1 aromatic rings. The van der Waals surface area contributed by atoms with Gasteiger partial charge in [0.2, 0.25) is 11.7 Å². The number of anilines is 1. The van der Waals surface area contributed by atoms with Gasteiger partial charge in [-0.05, 0) is 19.9 Å². The van der Waals surface area contributed by atoms with Crippen LogP contribution in [-0.4, -0.2) is 39.1 Å². The van der Waals surface area contributed by atoms with Crippen molar-refractivity contribution in [2.75, 3.05) is 33.1 Å². The maximum absolute atomic E-state index is 11.6. The molecule has 7 nitrogen and oxygen atoms in total. The molecule has 0 radical (unpaired) electrons. The molecule has 0 saturated carbocycles. The zero-order valence-corrected chi connectivity index (χ0v) is 13.8. The third kappa shape index (κ3) is 4.38. The highest BCUT2D eigenvalue weighted by Crippen LogP contribution is 2.44. The maximum atomic E-state index is 11.6. The summed E-state index contributed by atoms with van der Waals surface area (Å²) < 4.78 is 16.1. The molecule has 0 unspecified atom stereocenters. The van der Waals surface area contributed by atoms with Crippen LogP contribution < -0.4 is 25.3 Å². The second kappa shape index (κ2) is 8.07. The van der Waals surface area contributed by atoms with E-state index in [2.05, 4.69) is 11.9 Å². The minimum Gasteiger partial charge on any atom is -0.493 e. The van der Waals surface area contributed by atoms with E-state index >= 15 is 0 Å². The minimum atomic E-state index is -0.251. The number of nitrogens with one attached hydrogen (secondary N) is 1. The van der Waals surface area contributed by atoms with Crippen molar-refractivity contribution in [3.63, 3.8) is 0 Å². The number of hydrogen-bond donors (Lipinski definition) is 2. The molecule has 0 saturated heterocycles. The first kappa shape index (κ1) is 18.3. The first-order valence-corrected chi connectivity index (χ1v) is 6.95. The summed E-state index contributed by atoms with van der Waals surface area (Å²) in [5.41, 5.74) is 6.84. The molecule has 0 spiro atoms. The lowest BCUT2D eigenvalue weighted by Gasteiger charge is -2.18. The number of nitrogen functional groups attached to an aromatic ring is 1. The SMILES string of the molecule is C=C(C)C(=O)NCCOc1c(OC)cc(C(C)=O)c(N)c1OC. The molecule has 7 heteroatoms. The highest BCUT2D eigenvalue weighted by atomic mass is 16.5. The Bertz CT molecular complexity index is 625. The van der Waals surface area contributed by atoms with E-state index in [9.17, 15) is 9.59 Å². The molecule has 0 aliphatic heterocycles. The van der Waals surface area contributed by atoms with Crippen LogP contribution >= 0.6 is 0 Å². The number of ether oxygens (including phenoxy) is 3. The van der Waals surface area contributed by atoms with Gasteiger partial charge in [0.25, 0.3) is 0 Å². The maximum Gasteiger partial charge on any atom is 0.246 e. The number of carbonyl (C=O) groups excluding carboxylic acids is 2. The number of hydrogen-bond acceptors (Lipinski definition) is 6. The Kier molecular flexibility index (Phi) is 6.44. The molecule has 1 amide bonds. The van der Waals surface area contributed by atoms with Gasteiger partial charge < -0.3 is 25.3 Å². The quantitative estimate of drug-likeness (QED) is 0.326.